The molecule has 166 valence electrons. The van der Waals surface area contributed by atoms with Gasteiger partial charge in [0.15, 0.2) is 0 Å². The van der Waals surface area contributed by atoms with Crippen LogP contribution in [0.2, 0.25) is 0 Å². The van der Waals surface area contributed by atoms with Gasteiger partial charge in [0.05, 0.1) is 29.3 Å². The molecule has 0 radical (unpaired) electrons. The second kappa shape index (κ2) is 8.35. The van der Waals surface area contributed by atoms with Crippen molar-refractivity contribution in [1.29, 1.82) is 0 Å². The molecule has 1 saturated carbocycles. The first-order chi connectivity index (χ1) is 14.9. The first kappa shape index (κ1) is 20.6. The van der Waals surface area contributed by atoms with Crippen molar-refractivity contribution < 1.29 is 17.9 Å². The van der Waals surface area contributed by atoms with Gasteiger partial charge in [0.25, 0.3) is 0 Å². The van der Waals surface area contributed by atoms with Gasteiger partial charge in [0, 0.05) is 44.2 Å². The molecule has 0 unspecified atom stereocenters. The summed E-state index contributed by atoms with van der Waals surface area (Å²) in [6, 6.07) is 2.96. The van der Waals surface area contributed by atoms with Gasteiger partial charge in [-0.15, -0.1) is 0 Å². The number of rotatable bonds is 5. The molecule has 0 spiro atoms. The van der Waals surface area contributed by atoms with E-state index in [9.17, 15) is 13.2 Å². The molecule has 3 fully saturated rings. The molecule has 2 aliphatic heterocycles. The first-order valence-electron chi connectivity index (χ1n) is 10.9. The Hall–Kier alpha value is -2.26. The smallest absolute Gasteiger partial charge is 0.417 e. The number of hydrogen-bond acceptors (Lipinski definition) is 6. The molecular weight excluding hydrogens is 407 g/mol. The van der Waals surface area contributed by atoms with E-state index in [0.29, 0.717) is 30.1 Å². The topological polar surface area (TPSA) is 54.4 Å². The Morgan fingerprint density at radius 3 is 2.55 bits per heavy atom. The number of hydrogen-bond donors (Lipinski definition) is 0. The fraction of sp³-hybridized carbons (Fsp3) is 0.591. The Labute approximate surface area is 179 Å². The molecule has 0 amide bonds. The maximum atomic E-state index is 12.8. The monoisotopic (exact) mass is 433 g/mol. The summed E-state index contributed by atoms with van der Waals surface area (Å²) in [6.07, 6.45) is 4.54. The third kappa shape index (κ3) is 4.98. The molecule has 1 aliphatic carbocycles. The molecular formula is C22H26F3N5O. The van der Waals surface area contributed by atoms with Crippen LogP contribution in [0.5, 0.6) is 5.88 Å². The lowest BCUT2D eigenvalue weighted by Crippen LogP contribution is -2.36. The summed E-state index contributed by atoms with van der Waals surface area (Å²) in [6.45, 7) is 4.18. The molecule has 2 saturated heterocycles. The fourth-order valence-electron chi connectivity index (χ4n) is 4.58. The zero-order valence-corrected chi connectivity index (χ0v) is 17.3. The largest absolute Gasteiger partial charge is 0.472 e. The average molecular weight is 433 g/mol. The van der Waals surface area contributed by atoms with Gasteiger partial charge < -0.3 is 4.74 Å². The van der Waals surface area contributed by atoms with Crippen molar-refractivity contribution in [2.24, 2.45) is 0 Å². The minimum absolute atomic E-state index is 0.0789. The Kier molecular flexibility index (Phi) is 5.56. The van der Waals surface area contributed by atoms with E-state index in [0.717, 1.165) is 57.0 Å². The van der Waals surface area contributed by atoms with E-state index < -0.39 is 11.7 Å². The number of alkyl halides is 3. The maximum Gasteiger partial charge on any atom is 0.417 e. The highest BCUT2D eigenvalue weighted by Crippen LogP contribution is 2.38. The highest BCUT2D eigenvalue weighted by atomic mass is 19.4. The standard InChI is InChI=1S/C22H26F3N5O/c23-22(24,25)16-4-5-17(26-9-16)12-29-6-1-7-30-14-19(8-18(30)13-29)31-21-11-27-20(10-28-21)15-2-3-15/h4-5,9-11,15,18-19H,1-3,6-8,12-14H2/t18-,19+/m0/s1. The highest BCUT2D eigenvalue weighted by Gasteiger charge is 2.36. The van der Waals surface area contributed by atoms with Crippen LogP contribution in [0.3, 0.4) is 0 Å². The fourth-order valence-corrected chi connectivity index (χ4v) is 4.58. The minimum Gasteiger partial charge on any atom is -0.472 e. The van der Waals surface area contributed by atoms with Crippen LogP contribution >= 0.6 is 0 Å². The van der Waals surface area contributed by atoms with Gasteiger partial charge >= 0.3 is 6.18 Å². The van der Waals surface area contributed by atoms with Crippen LogP contribution in [0, 0.1) is 0 Å². The Morgan fingerprint density at radius 2 is 1.87 bits per heavy atom. The molecule has 31 heavy (non-hydrogen) atoms. The summed E-state index contributed by atoms with van der Waals surface area (Å²) in [5, 5.41) is 0. The number of halogens is 3. The second-order valence-corrected chi connectivity index (χ2v) is 8.80. The lowest BCUT2D eigenvalue weighted by molar-refractivity contribution is -0.137. The predicted octanol–water partition coefficient (Wildman–Crippen LogP) is 3.50. The number of fused-ring (bicyclic) bond motifs is 1. The van der Waals surface area contributed by atoms with Gasteiger partial charge in [0.2, 0.25) is 5.88 Å². The van der Waals surface area contributed by atoms with Gasteiger partial charge in [-0.1, -0.05) is 0 Å². The van der Waals surface area contributed by atoms with Crippen molar-refractivity contribution in [2.75, 3.05) is 26.2 Å². The summed E-state index contributed by atoms with van der Waals surface area (Å²) >= 11 is 0. The number of nitrogens with zero attached hydrogens (tertiary/aromatic N) is 5. The number of pyridine rings is 1. The first-order valence-corrected chi connectivity index (χ1v) is 10.9. The van der Waals surface area contributed by atoms with Crippen molar-refractivity contribution in [1.82, 2.24) is 24.8 Å². The van der Waals surface area contributed by atoms with E-state index in [1.54, 1.807) is 6.20 Å². The normalized spacial score (nSPS) is 25.3. The average Bonchev–Trinajstić information content (AvgIpc) is 3.54. The maximum absolute atomic E-state index is 12.8. The molecule has 2 aromatic heterocycles. The van der Waals surface area contributed by atoms with Crippen molar-refractivity contribution in [3.05, 3.63) is 47.7 Å². The van der Waals surface area contributed by atoms with Crippen LogP contribution in [-0.4, -0.2) is 63.1 Å². The summed E-state index contributed by atoms with van der Waals surface area (Å²) in [7, 11) is 0. The second-order valence-electron chi connectivity index (χ2n) is 8.80. The Balaban J connectivity index is 1.17. The zero-order chi connectivity index (χ0) is 21.4. The van der Waals surface area contributed by atoms with Gasteiger partial charge in [-0.05, 0) is 44.5 Å². The minimum atomic E-state index is -4.35. The molecule has 9 heteroatoms. The predicted molar refractivity (Wildman–Crippen MR) is 108 cm³/mol. The highest BCUT2D eigenvalue weighted by molar-refractivity contribution is 5.17. The van der Waals surface area contributed by atoms with Crippen LogP contribution < -0.4 is 4.74 Å². The molecule has 0 N–H and O–H groups in total. The lowest BCUT2D eigenvalue weighted by atomic mass is 10.2. The van der Waals surface area contributed by atoms with Crippen LogP contribution in [0.4, 0.5) is 13.2 Å². The quantitative estimate of drug-likeness (QED) is 0.720. The number of aromatic nitrogens is 3. The molecule has 0 bridgehead atoms. The molecule has 5 rings (SSSR count). The van der Waals surface area contributed by atoms with Gasteiger partial charge in [-0.2, -0.15) is 13.2 Å². The molecule has 3 aliphatic rings. The lowest BCUT2D eigenvalue weighted by Gasteiger charge is -2.25. The molecule has 6 nitrogen and oxygen atoms in total. The third-order valence-electron chi connectivity index (χ3n) is 6.35. The van der Waals surface area contributed by atoms with Gasteiger partial charge in [-0.3, -0.25) is 19.8 Å². The summed E-state index contributed by atoms with van der Waals surface area (Å²) < 4.78 is 44.4. The van der Waals surface area contributed by atoms with E-state index in [4.69, 9.17) is 4.74 Å². The van der Waals surface area contributed by atoms with Crippen molar-refractivity contribution in [3.8, 4) is 5.88 Å². The van der Waals surface area contributed by atoms with Crippen LogP contribution in [0.1, 0.15) is 48.6 Å². The van der Waals surface area contributed by atoms with Gasteiger partial charge in [0.1, 0.15) is 6.10 Å². The zero-order valence-electron chi connectivity index (χ0n) is 17.3. The van der Waals surface area contributed by atoms with E-state index in [1.165, 1.54) is 18.9 Å². The van der Waals surface area contributed by atoms with Crippen molar-refractivity contribution in [2.45, 2.75) is 56.5 Å². The van der Waals surface area contributed by atoms with Crippen molar-refractivity contribution >= 4 is 0 Å². The van der Waals surface area contributed by atoms with E-state index in [-0.39, 0.29) is 6.10 Å². The molecule has 2 aromatic rings. The van der Waals surface area contributed by atoms with E-state index in [1.807, 2.05) is 6.20 Å². The molecule has 2 atom stereocenters. The van der Waals surface area contributed by atoms with E-state index >= 15 is 0 Å². The van der Waals surface area contributed by atoms with E-state index in [2.05, 4.69) is 24.8 Å². The Morgan fingerprint density at radius 1 is 1.00 bits per heavy atom. The summed E-state index contributed by atoms with van der Waals surface area (Å²) in [5.41, 5.74) is 1.01. The molecule has 4 heterocycles. The van der Waals surface area contributed by atoms with Crippen molar-refractivity contribution in [3.63, 3.8) is 0 Å². The van der Waals surface area contributed by atoms with Crippen LogP contribution in [0.15, 0.2) is 30.7 Å². The molecule has 0 aromatic carbocycles. The van der Waals surface area contributed by atoms with Gasteiger partial charge in [-0.25, -0.2) is 4.98 Å². The van der Waals surface area contributed by atoms with Crippen LogP contribution in [-0.2, 0) is 12.7 Å². The van der Waals surface area contributed by atoms with Crippen LogP contribution in [0.25, 0.3) is 0 Å². The SMILES string of the molecule is FC(F)(F)c1ccc(CN2CCCN3C[C@H](Oc4cnc(C5CC5)cn4)C[C@H]3C2)nc1. The Bertz CT molecular complexity index is 886. The number of ether oxygens (including phenoxy) is 1. The summed E-state index contributed by atoms with van der Waals surface area (Å²) in [5.74, 6) is 1.16. The summed E-state index contributed by atoms with van der Waals surface area (Å²) in [4.78, 5) is 17.7. The third-order valence-corrected chi connectivity index (χ3v) is 6.35.